The van der Waals surface area contributed by atoms with E-state index in [0.717, 1.165) is 21.5 Å². The summed E-state index contributed by atoms with van der Waals surface area (Å²) in [4.78, 5) is 23.4. The number of hydrogen-bond acceptors (Lipinski definition) is 5. The summed E-state index contributed by atoms with van der Waals surface area (Å²) in [5, 5.41) is 26.7. The molecule has 4 aromatic rings. The van der Waals surface area contributed by atoms with Crippen LogP contribution in [0.4, 0.5) is 5.69 Å². The molecule has 1 N–H and O–H groups in total. The number of nitrogens with zero attached hydrogens (tertiary/aromatic N) is 1. The molecular formula is C26H19NO5. The lowest BCUT2D eigenvalue weighted by Gasteiger charge is -2.40. The van der Waals surface area contributed by atoms with E-state index in [1.54, 1.807) is 6.08 Å². The third-order valence-corrected chi connectivity index (χ3v) is 6.09. The maximum atomic E-state index is 13.0. The fourth-order valence-electron chi connectivity index (χ4n) is 4.65. The Kier molecular flexibility index (Phi) is 4.53. The highest BCUT2D eigenvalue weighted by atomic mass is 16.6. The zero-order valence-electron chi connectivity index (χ0n) is 17.0. The number of benzene rings is 4. The van der Waals surface area contributed by atoms with E-state index in [-0.39, 0.29) is 17.7 Å². The van der Waals surface area contributed by atoms with Crippen LogP contribution in [0.15, 0.2) is 85.5 Å². The molecule has 0 spiro atoms. The molecule has 0 aliphatic heterocycles. The molecule has 0 fully saturated rings. The molecule has 0 saturated carbocycles. The summed E-state index contributed by atoms with van der Waals surface area (Å²) in [5.74, 6) is -0.670. The molecule has 2 atom stereocenters. The maximum absolute atomic E-state index is 13.0. The minimum atomic E-state index is -1.51. The molecule has 0 bridgehead atoms. The third-order valence-electron chi connectivity index (χ3n) is 6.09. The average Bonchev–Trinajstić information content (AvgIpc) is 2.81. The lowest BCUT2D eigenvalue weighted by Crippen LogP contribution is -2.38. The van der Waals surface area contributed by atoms with Crippen LogP contribution in [-0.4, -0.2) is 16.0 Å². The van der Waals surface area contributed by atoms with Gasteiger partial charge in [0.05, 0.1) is 10.5 Å². The first-order chi connectivity index (χ1) is 15.4. The van der Waals surface area contributed by atoms with Gasteiger partial charge in [-0.2, -0.15) is 0 Å². The molecule has 0 aromatic heterocycles. The minimum Gasteiger partial charge on any atom is -0.450 e. The first-order valence-corrected chi connectivity index (χ1v) is 10.2. The van der Waals surface area contributed by atoms with Gasteiger partial charge in [0.1, 0.15) is 5.60 Å². The molecule has 4 aromatic carbocycles. The molecule has 1 aliphatic rings. The van der Waals surface area contributed by atoms with E-state index < -0.39 is 22.6 Å². The van der Waals surface area contributed by atoms with E-state index in [4.69, 9.17) is 4.74 Å². The normalized spacial score (nSPS) is 19.2. The first kappa shape index (κ1) is 19.9. The van der Waals surface area contributed by atoms with Crippen LogP contribution in [0.1, 0.15) is 34.0 Å². The Hall–Kier alpha value is -4.03. The lowest BCUT2D eigenvalue weighted by molar-refractivity contribution is -0.384. The number of nitro groups is 1. The van der Waals surface area contributed by atoms with E-state index in [2.05, 4.69) is 6.58 Å². The second-order valence-electron chi connectivity index (χ2n) is 7.92. The van der Waals surface area contributed by atoms with Crippen LogP contribution in [0, 0.1) is 10.1 Å². The summed E-state index contributed by atoms with van der Waals surface area (Å²) in [6.45, 7) is 3.80. The van der Waals surface area contributed by atoms with Crippen LogP contribution in [0.2, 0.25) is 0 Å². The summed E-state index contributed by atoms with van der Waals surface area (Å²) in [6.07, 6.45) is 0.807. The number of ether oxygens (including phenoxy) is 1. The van der Waals surface area contributed by atoms with Gasteiger partial charge in [0.25, 0.3) is 5.69 Å². The van der Waals surface area contributed by atoms with Crippen molar-refractivity contribution in [3.8, 4) is 0 Å². The molecule has 0 saturated heterocycles. The average molecular weight is 425 g/mol. The summed E-state index contributed by atoms with van der Waals surface area (Å²) in [5.41, 5.74) is -0.0685. The topological polar surface area (TPSA) is 89.7 Å². The Morgan fingerprint density at radius 2 is 1.69 bits per heavy atom. The van der Waals surface area contributed by atoms with E-state index in [9.17, 15) is 20.0 Å². The van der Waals surface area contributed by atoms with Crippen molar-refractivity contribution in [1.82, 2.24) is 0 Å². The quantitative estimate of drug-likeness (QED) is 0.148. The van der Waals surface area contributed by atoms with Crippen molar-refractivity contribution in [3.63, 3.8) is 0 Å². The molecule has 5 rings (SSSR count). The molecular weight excluding hydrogens is 406 g/mol. The fraction of sp³-hybridized carbons (Fsp3) is 0.115. The van der Waals surface area contributed by atoms with Crippen LogP contribution < -0.4 is 0 Å². The predicted octanol–water partition coefficient (Wildman–Crippen LogP) is 5.58. The SMILES string of the molecule is C=CC[C@@]1(O)c2cccc3ccc4cccc(c4c23)[C@H]1OC(=O)c1ccc([N+](=O)[O-])cc1. The van der Waals surface area contributed by atoms with Crippen molar-refractivity contribution in [3.05, 3.63) is 112 Å². The predicted molar refractivity (Wildman–Crippen MR) is 121 cm³/mol. The van der Waals surface area contributed by atoms with E-state index in [0.29, 0.717) is 11.1 Å². The van der Waals surface area contributed by atoms with Gasteiger partial charge < -0.3 is 9.84 Å². The van der Waals surface area contributed by atoms with Gasteiger partial charge in [-0.05, 0) is 39.2 Å². The Morgan fingerprint density at radius 3 is 2.34 bits per heavy atom. The summed E-state index contributed by atoms with van der Waals surface area (Å²) < 4.78 is 5.92. The number of non-ortho nitro benzene ring substituents is 1. The van der Waals surface area contributed by atoms with Gasteiger partial charge in [0, 0.05) is 24.1 Å². The maximum Gasteiger partial charge on any atom is 0.338 e. The largest absolute Gasteiger partial charge is 0.450 e. The highest BCUT2D eigenvalue weighted by Gasteiger charge is 2.46. The van der Waals surface area contributed by atoms with Crippen molar-refractivity contribution in [1.29, 1.82) is 0 Å². The van der Waals surface area contributed by atoms with Gasteiger partial charge in [0.2, 0.25) is 0 Å². The number of rotatable bonds is 5. The van der Waals surface area contributed by atoms with Gasteiger partial charge in [-0.1, -0.05) is 54.6 Å². The number of aliphatic hydroxyl groups is 1. The van der Waals surface area contributed by atoms with Crippen molar-refractivity contribution in [2.75, 3.05) is 0 Å². The van der Waals surface area contributed by atoms with Crippen LogP contribution >= 0.6 is 0 Å². The zero-order chi connectivity index (χ0) is 22.5. The Morgan fingerprint density at radius 1 is 1.03 bits per heavy atom. The Bertz CT molecular complexity index is 1410. The summed E-state index contributed by atoms with van der Waals surface area (Å²) in [6, 6.07) is 20.7. The second-order valence-corrected chi connectivity index (χ2v) is 7.92. The molecule has 158 valence electrons. The Balaban J connectivity index is 1.68. The molecule has 1 aliphatic carbocycles. The molecule has 0 heterocycles. The van der Waals surface area contributed by atoms with Crippen molar-refractivity contribution in [2.24, 2.45) is 0 Å². The highest BCUT2D eigenvalue weighted by Crippen LogP contribution is 2.51. The van der Waals surface area contributed by atoms with Crippen LogP contribution in [0.25, 0.3) is 21.5 Å². The minimum absolute atomic E-state index is 0.118. The Labute approximate surface area is 183 Å². The lowest BCUT2D eigenvalue weighted by atomic mass is 9.73. The molecule has 6 nitrogen and oxygen atoms in total. The first-order valence-electron chi connectivity index (χ1n) is 10.2. The number of carbonyl (C=O) groups is 1. The number of esters is 1. The van der Waals surface area contributed by atoms with E-state index in [1.807, 2.05) is 48.5 Å². The van der Waals surface area contributed by atoms with Gasteiger partial charge in [-0.25, -0.2) is 4.79 Å². The molecule has 0 amide bonds. The van der Waals surface area contributed by atoms with E-state index in [1.165, 1.54) is 24.3 Å². The fourth-order valence-corrected chi connectivity index (χ4v) is 4.65. The molecule has 32 heavy (non-hydrogen) atoms. The monoisotopic (exact) mass is 425 g/mol. The molecule has 0 unspecified atom stereocenters. The van der Waals surface area contributed by atoms with Gasteiger partial charge >= 0.3 is 5.97 Å². The zero-order valence-corrected chi connectivity index (χ0v) is 17.0. The molecule has 0 radical (unpaired) electrons. The van der Waals surface area contributed by atoms with Gasteiger partial charge in [-0.3, -0.25) is 10.1 Å². The summed E-state index contributed by atoms with van der Waals surface area (Å²) in [7, 11) is 0. The molecule has 6 heteroatoms. The van der Waals surface area contributed by atoms with Crippen molar-refractivity contribution >= 4 is 33.2 Å². The standard InChI is InChI=1S/C26H19NO5/c1-2-15-26(29)21-8-4-6-17-10-9-16-5-3-7-20(22(16)23(17)21)24(26)32-25(28)18-11-13-19(14-12-18)27(30)31/h2-14,24,29H,1,15H2/t24-,26-/m1/s1. The van der Waals surface area contributed by atoms with Crippen molar-refractivity contribution < 1.29 is 19.6 Å². The number of nitro benzene ring substituents is 1. The van der Waals surface area contributed by atoms with E-state index >= 15 is 0 Å². The smallest absolute Gasteiger partial charge is 0.338 e. The second kappa shape index (κ2) is 7.28. The van der Waals surface area contributed by atoms with Crippen LogP contribution in [-0.2, 0) is 10.3 Å². The van der Waals surface area contributed by atoms with Crippen molar-refractivity contribution in [2.45, 2.75) is 18.1 Å². The van der Waals surface area contributed by atoms with Gasteiger partial charge in [0.15, 0.2) is 6.10 Å². The third kappa shape index (κ3) is 2.88. The highest BCUT2D eigenvalue weighted by molar-refractivity contribution is 6.12. The van der Waals surface area contributed by atoms with Crippen LogP contribution in [0.3, 0.4) is 0 Å². The van der Waals surface area contributed by atoms with Gasteiger partial charge in [-0.15, -0.1) is 6.58 Å². The number of carbonyl (C=O) groups excluding carboxylic acids is 1. The van der Waals surface area contributed by atoms with Crippen LogP contribution in [0.5, 0.6) is 0 Å². The number of hydrogen-bond donors (Lipinski definition) is 1. The summed E-state index contributed by atoms with van der Waals surface area (Å²) >= 11 is 0.